The number of hydrogen-bond acceptors (Lipinski definition) is 4. The standard InChI is InChI=1S/C14H23NO2S/c1-4-5-6-13(14(16)17-3)15-11(2)9-12-7-8-18-10-12/h7-8,10-11,13,15H,4-6,9H2,1-3H3. The van der Waals surface area contributed by atoms with Gasteiger partial charge in [0.15, 0.2) is 0 Å². The number of methoxy groups -OCH3 is 1. The lowest BCUT2D eigenvalue weighted by Crippen LogP contribution is -2.43. The number of nitrogens with one attached hydrogen (secondary N) is 1. The fourth-order valence-corrected chi connectivity index (χ4v) is 2.67. The zero-order valence-electron chi connectivity index (χ0n) is 11.4. The Balaban J connectivity index is 2.45. The van der Waals surface area contributed by atoms with E-state index >= 15 is 0 Å². The van der Waals surface area contributed by atoms with Crippen molar-refractivity contribution < 1.29 is 9.53 Å². The summed E-state index contributed by atoms with van der Waals surface area (Å²) in [4.78, 5) is 11.7. The highest BCUT2D eigenvalue weighted by Gasteiger charge is 2.20. The van der Waals surface area contributed by atoms with Crippen molar-refractivity contribution in [2.75, 3.05) is 7.11 Å². The average Bonchev–Trinajstić information content (AvgIpc) is 2.86. The fourth-order valence-electron chi connectivity index (χ4n) is 1.98. The molecule has 2 atom stereocenters. The van der Waals surface area contributed by atoms with Crippen LogP contribution in [-0.4, -0.2) is 25.2 Å². The molecule has 2 unspecified atom stereocenters. The number of ether oxygens (including phenoxy) is 1. The third-order valence-corrected chi connectivity index (χ3v) is 3.67. The van der Waals surface area contributed by atoms with E-state index in [0.717, 1.165) is 25.7 Å². The summed E-state index contributed by atoms with van der Waals surface area (Å²) in [7, 11) is 1.45. The quantitative estimate of drug-likeness (QED) is 0.737. The Bertz CT molecular complexity index is 338. The van der Waals surface area contributed by atoms with Gasteiger partial charge in [-0.05, 0) is 42.2 Å². The molecule has 0 radical (unpaired) electrons. The van der Waals surface area contributed by atoms with Gasteiger partial charge in [0.25, 0.3) is 0 Å². The number of unbranched alkanes of at least 4 members (excludes halogenated alkanes) is 1. The molecule has 1 N–H and O–H groups in total. The third-order valence-electron chi connectivity index (χ3n) is 2.94. The normalized spacial score (nSPS) is 14.2. The second kappa shape index (κ2) is 8.27. The van der Waals surface area contributed by atoms with E-state index in [1.165, 1.54) is 12.7 Å². The van der Waals surface area contributed by atoms with Crippen molar-refractivity contribution in [3.63, 3.8) is 0 Å². The lowest BCUT2D eigenvalue weighted by atomic mass is 10.1. The van der Waals surface area contributed by atoms with Crippen molar-refractivity contribution in [3.05, 3.63) is 22.4 Å². The van der Waals surface area contributed by atoms with E-state index < -0.39 is 0 Å². The van der Waals surface area contributed by atoms with E-state index in [1.54, 1.807) is 11.3 Å². The smallest absolute Gasteiger partial charge is 0.322 e. The molecule has 0 fully saturated rings. The maximum absolute atomic E-state index is 11.7. The van der Waals surface area contributed by atoms with Gasteiger partial charge in [-0.1, -0.05) is 19.8 Å². The van der Waals surface area contributed by atoms with Crippen molar-refractivity contribution in [1.82, 2.24) is 5.32 Å². The Labute approximate surface area is 114 Å². The molecule has 0 spiro atoms. The zero-order chi connectivity index (χ0) is 13.4. The van der Waals surface area contributed by atoms with Crippen molar-refractivity contribution in [2.24, 2.45) is 0 Å². The highest BCUT2D eigenvalue weighted by Crippen LogP contribution is 2.10. The zero-order valence-corrected chi connectivity index (χ0v) is 12.3. The van der Waals surface area contributed by atoms with E-state index in [-0.39, 0.29) is 18.1 Å². The van der Waals surface area contributed by atoms with Crippen LogP contribution >= 0.6 is 11.3 Å². The van der Waals surface area contributed by atoms with E-state index in [2.05, 4.69) is 36.0 Å². The maximum atomic E-state index is 11.7. The van der Waals surface area contributed by atoms with E-state index in [9.17, 15) is 4.79 Å². The number of carbonyl (C=O) groups is 1. The van der Waals surface area contributed by atoms with Crippen LogP contribution < -0.4 is 5.32 Å². The van der Waals surface area contributed by atoms with Crippen LogP contribution in [0.2, 0.25) is 0 Å². The Kier molecular flexibility index (Phi) is 6.98. The predicted octanol–water partition coefficient (Wildman–Crippen LogP) is 3.00. The summed E-state index contributed by atoms with van der Waals surface area (Å²) in [5, 5.41) is 7.60. The molecule has 1 heterocycles. The molecule has 0 bridgehead atoms. The monoisotopic (exact) mass is 269 g/mol. The van der Waals surface area contributed by atoms with Gasteiger partial charge in [0.2, 0.25) is 0 Å². The van der Waals surface area contributed by atoms with Gasteiger partial charge in [0.1, 0.15) is 6.04 Å². The van der Waals surface area contributed by atoms with Gasteiger partial charge in [0, 0.05) is 6.04 Å². The molecule has 1 aromatic rings. The Morgan fingerprint density at radius 1 is 1.56 bits per heavy atom. The SMILES string of the molecule is CCCCC(NC(C)Cc1ccsc1)C(=O)OC. The average molecular weight is 269 g/mol. The molecule has 0 aliphatic rings. The van der Waals surface area contributed by atoms with Gasteiger partial charge < -0.3 is 10.1 Å². The molecule has 4 heteroatoms. The minimum atomic E-state index is -0.177. The lowest BCUT2D eigenvalue weighted by molar-refractivity contribution is -0.143. The largest absolute Gasteiger partial charge is 0.468 e. The minimum Gasteiger partial charge on any atom is -0.468 e. The van der Waals surface area contributed by atoms with Gasteiger partial charge in [-0.2, -0.15) is 11.3 Å². The first kappa shape index (κ1) is 15.2. The second-order valence-electron chi connectivity index (χ2n) is 4.62. The number of carbonyl (C=O) groups excluding carboxylic acids is 1. The van der Waals surface area contributed by atoms with Gasteiger partial charge in [-0.3, -0.25) is 4.79 Å². The molecule has 0 aliphatic heterocycles. The van der Waals surface area contributed by atoms with Gasteiger partial charge in [0.05, 0.1) is 7.11 Å². The van der Waals surface area contributed by atoms with Crippen LogP contribution in [0.15, 0.2) is 16.8 Å². The molecule has 0 aliphatic carbocycles. The summed E-state index contributed by atoms with van der Waals surface area (Å²) in [6.45, 7) is 4.24. The molecule has 1 rings (SSSR count). The molecule has 1 aromatic heterocycles. The van der Waals surface area contributed by atoms with E-state index in [4.69, 9.17) is 4.74 Å². The summed E-state index contributed by atoms with van der Waals surface area (Å²) in [6.07, 6.45) is 3.92. The van der Waals surface area contributed by atoms with Crippen LogP contribution in [0.4, 0.5) is 0 Å². The molecule has 0 amide bonds. The highest BCUT2D eigenvalue weighted by molar-refractivity contribution is 7.07. The third kappa shape index (κ3) is 5.19. The first-order valence-electron chi connectivity index (χ1n) is 6.52. The molecule has 3 nitrogen and oxygen atoms in total. The van der Waals surface area contributed by atoms with Crippen molar-refractivity contribution in [2.45, 2.75) is 51.6 Å². The highest BCUT2D eigenvalue weighted by atomic mass is 32.1. The fraction of sp³-hybridized carbons (Fsp3) is 0.643. The number of thiophene rings is 1. The Hall–Kier alpha value is -0.870. The van der Waals surface area contributed by atoms with Crippen molar-refractivity contribution in [1.29, 1.82) is 0 Å². The molecule has 102 valence electrons. The molecule has 0 saturated carbocycles. The van der Waals surface area contributed by atoms with Crippen LogP contribution in [0.1, 0.15) is 38.7 Å². The van der Waals surface area contributed by atoms with E-state index in [1.807, 2.05) is 0 Å². The first-order valence-corrected chi connectivity index (χ1v) is 7.46. The predicted molar refractivity (Wildman–Crippen MR) is 75.9 cm³/mol. The van der Waals surface area contributed by atoms with Crippen molar-refractivity contribution >= 4 is 17.3 Å². The topological polar surface area (TPSA) is 38.3 Å². The summed E-state index contributed by atoms with van der Waals surface area (Å²) in [6, 6.07) is 2.23. The van der Waals surface area contributed by atoms with Crippen molar-refractivity contribution in [3.8, 4) is 0 Å². The summed E-state index contributed by atoms with van der Waals surface area (Å²) >= 11 is 1.71. The number of hydrogen-bond donors (Lipinski definition) is 1. The first-order chi connectivity index (χ1) is 8.67. The van der Waals surface area contributed by atoms with Crippen LogP contribution in [0.25, 0.3) is 0 Å². The molecule has 0 aromatic carbocycles. The van der Waals surface area contributed by atoms with Gasteiger partial charge >= 0.3 is 5.97 Å². The second-order valence-corrected chi connectivity index (χ2v) is 5.40. The maximum Gasteiger partial charge on any atom is 0.322 e. The van der Waals surface area contributed by atoms with Crippen LogP contribution in [0.3, 0.4) is 0 Å². The lowest BCUT2D eigenvalue weighted by Gasteiger charge is -2.21. The molecule has 0 saturated heterocycles. The Morgan fingerprint density at radius 2 is 2.33 bits per heavy atom. The minimum absolute atomic E-state index is 0.152. The van der Waals surface area contributed by atoms with Gasteiger partial charge in [-0.15, -0.1) is 0 Å². The number of esters is 1. The molecular formula is C14H23NO2S. The number of rotatable bonds is 8. The summed E-state index contributed by atoms with van der Waals surface area (Å²) in [5.41, 5.74) is 1.32. The molecular weight excluding hydrogens is 246 g/mol. The summed E-state index contributed by atoms with van der Waals surface area (Å²) < 4.78 is 4.85. The van der Waals surface area contributed by atoms with Crippen LogP contribution in [-0.2, 0) is 16.0 Å². The van der Waals surface area contributed by atoms with E-state index in [0.29, 0.717) is 0 Å². The summed E-state index contributed by atoms with van der Waals surface area (Å²) in [5.74, 6) is -0.152. The van der Waals surface area contributed by atoms with Crippen LogP contribution in [0.5, 0.6) is 0 Å². The molecule has 18 heavy (non-hydrogen) atoms. The Morgan fingerprint density at radius 3 is 2.89 bits per heavy atom. The van der Waals surface area contributed by atoms with Crippen LogP contribution in [0, 0.1) is 0 Å². The van der Waals surface area contributed by atoms with Gasteiger partial charge in [-0.25, -0.2) is 0 Å².